The van der Waals surface area contributed by atoms with Gasteiger partial charge in [-0.15, -0.1) is 0 Å². The molecule has 3 heteroatoms. The van der Waals surface area contributed by atoms with Crippen molar-refractivity contribution < 1.29 is 10.2 Å². The van der Waals surface area contributed by atoms with Crippen molar-refractivity contribution in [1.82, 2.24) is 4.90 Å². The normalized spacial score (nSPS) is 11.2. The van der Waals surface area contributed by atoms with Gasteiger partial charge in [0, 0.05) is 19.8 Å². The summed E-state index contributed by atoms with van der Waals surface area (Å²) in [6.07, 6.45) is 6.30. The zero-order chi connectivity index (χ0) is 14.5. The van der Waals surface area contributed by atoms with Crippen molar-refractivity contribution in [2.45, 2.75) is 45.1 Å². The molecule has 0 aliphatic heterocycles. The monoisotopic (exact) mass is 279 g/mol. The van der Waals surface area contributed by atoms with Crippen LogP contribution in [0.5, 0.6) is 0 Å². The molecule has 0 amide bonds. The van der Waals surface area contributed by atoms with Crippen LogP contribution in [-0.2, 0) is 6.54 Å². The average Bonchev–Trinajstić information content (AvgIpc) is 2.49. The fourth-order valence-corrected chi connectivity index (χ4v) is 2.36. The number of benzene rings is 1. The maximum Gasteiger partial charge on any atom is 0.0431 e. The lowest BCUT2D eigenvalue weighted by molar-refractivity contribution is 0.235. The van der Waals surface area contributed by atoms with Crippen LogP contribution in [0.15, 0.2) is 30.3 Å². The summed E-state index contributed by atoms with van der Waals surface area (Å²) in [5.74, 6) is 0. The number of hydrogen-bond acceptors (Lipinski definition) is 3. The van der Waals surface area contributed by atoms with Crippen LogP contribution in [0, 0.1) is 0 Å². The van der Waals surface area contributed by atoms with Gasteiger partial charge in [0.1, 0.15) is 0 Å². The summed E-state index contributed by atoms with van der Waals surface area (Å²) in [6, 6.07) is 10.6. The van der Waals surface area contributed by atoms with E-state index in [0.29, 0.717) is 13.2 Å². The van der Waals surface area contributed by atoms with Crippen molar-refractivity contribution in [3.63, 3.8) is 0 Å². The molecule has 0 heterocycles. The number of unbranched alkanes of at least 4 members (excludes halogenated alkanes) is 4. The number of rotatable bonds is 12. The second kappa shape index (κ2) is 11.9. The largest absolute Gasteiger partial charge is 0.396 e. The summed E-state index contributed by atoms with van der Waals surface area (Å²) < 4.78 is 0. The van der Waals surface area contributed by atoms with Gasteiger partial charge in [-0.3, -0.25) is 4.90 Å². The first-order valence-electron chi connectivity index (χ1n) is 7.85. The summed E-state index contributed by atoms with van der Waals surface area (Å²) in [5, 5.41) is 17.7. The molecule has 114 valence electrons. The van der Waals surface area contributed by atoms with Gasteiger partial charge in [-0.1, -0.05) is 30.3 Å². The van der Waals surface area contributed by atoms with E-state index in [-0.39, 0.29) is 0 Å². The quantitative estimate of drug-likeness (QED) is 0.578. The van der Waals surface area contributed by atoms with E-state index in [1.54, 1.807) is 0 Å². The molecule has 0 aliphatic rings. The zero-order valence-electron chi connectivity index (χ0n) is 12.5. The van der Waals surface area contributed by atoms with Gasteiger partial charge in [-0.2, -0.15) is 0 Å². The van der Waals surface area contributed by atoms with E-state index in [2.05, 4.69) is 35.2 Å². The van der Waals surface area contributed by atoms with Crippen molar-refractivity contribution in [3.8, 4) is 0 Å². The molecule has 1 aromatic carbocycles. The molecule has 0 saturated heterocycles. The molecule has 0 aliphatic carbocycles. The standard InChI is InChI=1S/C17H29NO2/c19-14-8-2-6-12-18(13-7-3-9-15-20)16-17-10-4-1-5-11-17/h1,4-5,10-11,19-20H,2-3,6-9,12-16H2. The number of aliphatic hydroxyl groups excluding tert-OH is 2. The zero-order valence-corrected chi connectivity index (χ0v) is 12.5. The Labute approximate surface area is 123 Å². The third-order valence-corrected chi connectivity index (χ3v) is 3.51. The second-order valence-electron chi connectivity index (χ2n) is 5.33. The Kier molecular flexibility index (Phi) is 10.2. The minimum absolute atomic E-state index is 0.301. The summed E-state index contributed by atoms with van der Waals surface area (Å²) in [7, 11) is 0. The smallest absolute Gasteiger partial charge is 0.0431 e. The van der Waals surface area contributed by atoms with Gasteiger partial charge >= 0.3 is 0 Å². The third kappa shape index (κ3) is 8.31. The van der Waals surface area contributed by atoms with Crippen molar-refractivity contribution in [2.24, 2.45) is 0 Å². The van der Waals surface area contributed by atoms with E-state index < -0.39 is 0 Å². The molecule has 0 saturated carbocycles. The fraction of sp³-hybridized carbons (Fsp3) is 0.647. The van der Waals surface area contributed by atoms with Gasteiger partial charge in [0.2, 0.25) is 0 Å². The minimum Gasteiger partial charge on any atom is -0.396 e. The highest BCUT2D eigenvalue weighted by atomic mass is 16.3. The van der Waals surface area contributed by atoms with Crippen molar-refractivity contribution in [2.75, 3.05) is 26.3 Å². The lowest BCUT2D eigenvalue weighted by Crippen LogP contribution is -2.25. The maximum absolute atomic E-state index is 8.83. The highest BCUT2D eigenvalue weighted by Gasteiger charge is 2.05. The highest BCUT2D eigenvalue weighted by molar-refractivity contribution is 5.14. The lowest BCUT2D eigenvalue weighted by atomic mass is 10.1. The summed E-state index contributed by atoms with van der Waals surface area (Å²) >= 11 is 0. The van der Waals surface area contributed by atoms with Gasteiger partial charge in [0.25, 0.3) is 0 Å². The lowest BCUT2D eigenvalue weighted by Gasteiger charge is -2.22. The molecule has 1 aromatic rings. The van der Waals surface area contributed by atoms with Crippen LogP contribution in [-0.4, -0.2) is 41.4 Å². The fourth-order valence-electron chi connectivity index (χ4n) is 2.36. The van der Waals surface area contributed by atoms with E-state index in [1.807, 2.05) is 0 Å². The van der Waals surface area contributed by atoms with Crippen molar-refractivity contribution in [1.29, 1.82) is 0 Å². The molecular formula is C17H29NO2. The Morgan fingerprint density at radius 3 is 1.75 bits per heavy atom. The molecule has 2 N–H and O–H groups in total. The molecule has 20 heavy (non-hydrogen) atoms. The molecule has 0 radical (unpaired) electrons. The Morgan fingerprint density at radius 2 is 1.25 bits per heavy atom. The summed E-state index contributed by atoms with van der Waals surface area (Å²) in [4.78, 5) is 2.49. The number of hydrogen-bond donors (Lipinski definition) is 2. The predicted molar refractivity (Wildman–Crippen MR) is 83.6 cm³/mol. The third-order valence-electron chi connectivity index (χ3n) is 3.51. The van der Waals surface area contributed by atoms with Crippen LogP contribution < -0.4 is 0 Å². The van der Waals surface area contributed by atoms with Gasteiger partial charge in [0.15, 0.2) is 0 Å². The molecule has 0 spiro atoms. The van der Waals surface area contributed by atoms with Crippen molar-refractivity contribution >= 4 is 0 Å². The van der Waals surface area contributed by atoms with E-state index >= 15 is 0 Å². The van der Waals surface area contributed by atoms with Crippen LogP contribution in [0.1, 0.15) is 44.1 Å². The minimum atomic E-state index is 0.301. The van der Waals surface area contributed by atoms with E-state index in [1.165, 1.54) is 5.56 Å². The number of nitrogens with zero attached hydrogens (tertiary/aromatic N) is 1. The molecule has 0 unspecified atom stereocenters. The maximum atomic E-state index is 8.83. The van der Waals surface area contributed by atoms with Crippen LogP contribution in [0.4, 0.5) is 0 Å². The summed E-state index contributed by atoms with van der Waals surface area (Å²) in [5.41, 5.74) is 1.36. The van der Waals surface area contributed by atoms with Gasteiger partial charge in [-0.25, -0.2) is 0 Å². The first-order chi connectivity index (χ1) is 9.86. The van der Waals surface area contributed by atoms with Crippen LogP contribution in [0.2, 0.25) is 0 Å². The van der Waals surface area contributed by atoms with E-state index in [9.17, 15) is 0 Å². The SMILES string of the molecule is OCCCCCN(CCCCCO)Cc1ccccc1. The Balaban J connectivity index is 2.33. The molecule has 3 nitrogen and oxygen atoms in total. The van der Waals surface area contributed by atoms with Crippen LogP contribution in [0.25, 0.3) is 0 Å². The first-order valence-corrected chi connectivity index (χ1v) is 7.85. The summed E-state index contributed by atoms with van der Waals surface area (Å²) in [6.45, 7) is 3.78. The van der Waals surface area contributed by atoms with E-state index in [0.717, 1.165) is 58.2 Å². The first kappa shape index (κ1) is 17.2. The molecule has 0 atom stereocenters. The van der Waals surface area contributed by atoms with Gasteiger partial charge < -0.3 is 10.2 Å². The molecule has 0 fully saturated rings. The Morgan fingerprint density at radius 1 is 0.700 bits per heavy atom. The Hall–Kier alpha value is -0.900. The molecule has 0 aromatic heterocycles. The molecule has 0 bridgehead atoms. The van der Waals surface area contributed by atoms with Crippen molar-refractivity contribution in [3.05, 3.63) is 35.9 Å². The Bertz CT molecular complexity index is 304. The second-order valence-corrected chi connectivity index (χ2v) is 5.33. The van der Waals surface area contributed by atoms with Gasteiger partial charge in [0.05, 0.1) is 0 Å². The van der Waals surface area contributed by atoms with Crippen LogP contribution in [0.3, 0.4) is 0 Å². The number of aliphatic hydroxyl groups is 2. The predicted octanol–water partition coefficient (Wildman–Crippen LogP) is 2.81. The highest BCUT2D eigenvalue weighted by Crippen LogP contribution is 2.08. The average molecular weight is 279 g/mol. The molecule has 1 rings (SSSR count). The topological polar surface area (TPSA) is 43.7 Å². The van der Waals surface area contributed by atoms with Gasteiger partial charge in [-0.05, 0) is 57.2 Å². The molecular weight excluding hydrogens is 250 g/mol. The van der Waals surface area contributed by atoms with Crippen LogP contribution >= 0.6 is 0 Å². The van der Waals surface area contributed by atoms with E-state index in [4.69, 9.17) is 10.2 Å².